The smallest absolute Gasteiger partial charge is 0.306 e. The van der Waals surface area contributed by atoms with Crippen LogP contribution in [-0.4, -0.2) is 77.9 Å². The molecule has 0 spiro atoms. The number of carbonyl (C=O) groups excluding carboxylic acids is 1. The lowest BCUT2D eigenvalue weighted by Gasteiger charge is -2.40. The molecule has 0 aromatic rings. The van der Waals surface area contributed by atoms with Crippen molar-refractivity contribution in [2.45, 2.75) is 95.8 Å². The van der Waals surface area contributed by atoms with Crippen molar-refractivity contribution in [1.82, 2.24) is 0 Å². The first-order chi connectivity index (χ1) is 13.3. The Morgan fingerprint density at radius 2 is 1.82 bits per heavy atom. The normalized spacial score (nSPS) is 37.3. The first kappa shape index (κ1) is 23.5. The molecule has 0 bridgehead atoms. The van der Waals surface area contributed by atoms with Crippen molar-refractivity contribution >= 4 is 5.97 Å². The average Bonchev–Trinajstić information content (AvgIpc) is 3.42. The van der Waals surface area contributed by atoms with E-state index in [4.69, 9.17) is 18.9 Å². The van der Waals surface area contributed by atoms with Crippen molar-refractivity contribution < 1.29 is 39.1 Å². The number of hydrogen-bond donors (Lipinski definition) is 3. The molecule has 2 rings (SSSR count). The van der Waals surface area contributed by atoms with E-state index in [1.807, 2.05) is 6.92 Å². The Balaban J connectivity index is 1.85. The minimum absolute atomic E-state index is 0.155. The summed E-state index contributed by atoms with van der Waals surface area (Å²) in [5.41, 5.74) is 0. The third kappa shape index (κ3) is 6.11. The van der Waals surface area contributed by atoms with E-state index < -0.39 is 43.3 Å². The highest BCUT2D eigenvalue weighted by atomic mass is 16.7. The van der Waals surface area contributed by atoms with Gasteiger partial charge in [-0.2, -0.15) is 0 Å². The number of carbonyl (C=O) groups is 1. The van der Waals surface area contributed by atoms with E-state index in [1.165, 1.54) is 7.11 Å². The number of methoxy groups -OCH3 is 1. The molecule has 0 aliphatic carbocycles. The molecular weight excluding hydrogens is 368 g/mol. The van der Waals surface area contributed by atoms with Crippen LogP contribution in [0.25, 0.3) is 0 Å². The van der Waals surface area contributed by atoms with Gasteiger partial charge in [0.15, 0.2) is 12.4 Å². The van der Waals surface area contributed by atoms with E-state index in [0.717, 1.165) is 25.7 Å². The fourth-order valence-corrected chi connectivity index (χ4v) is 4.02. The van der Waals surface area contributed by atoms with Gasteiger partial charge in [-0.05, 0) is 31.1 Å². The summed E-state index contributed by atoms with van der Waals surface area (Å²) >= 11 is 0. The highest BCUT2D eigenvalue weighted by Gasteiger charge is 2.47. The second-order valence-electron chi connectivity index (χ2n) is 8.07. The second-order valence-corrected chi connectivity index (χ2v) is 8.07. The maximum atomic E-state index is 12.5. The quantitative estimate of drug-likeness (QED) is 0.345. The predicted molar refractivity (Wildman–Crippen MR) is 100 cm³/mol. The highest BCUT2D eigenvalue weighted by Crippen LogP contribution is 2.34. The number of rotatable bonds is 11. The van der Waals surface area contributed by atoms with Gasteiger partial charge in [-0.3, -0.25) is 4.79 Å². The monoisotopic (exact) mass is 404 g/mol. The van der Waals surface area contributed by atoms with Crippen molar-refractivity contribution in [2.75, 3.05) is 13.7 Å². The summed E-state index contributed by atoms with van der Waals surface area (Å²) in [6, 6.07) is 0. The molecule has 164 valence electrons. The fraction of sp³-hybridized carbons (Fsp3) is 0.950. The molecule has 3 N–H and O–H groups in total. The topological polar surface area (TPSA) is 118 Å². The molecule has 2 aliphatic rings. The van der Waals surface area contributed by atoms with E-state index in [2.05, 4.69) is 13.8 Å². The summed E-state index contributed by atoms with van der Waals surface area (Å²) in [5, 5.41) is 29.9. The van der Waals surface area contributed by atoms with E-state index >= 15 is 0 Å². The van der Waals surface area contributed by atoms with E-state index in [1.54, 1.807) is 0 Å². The van der Waals surface area contributed by atoms with Crippen LogP contribution < -0.4 is 0 Å². The molecule has 2 fully saturated rings. The number of esters is 1. The van der Waals surface area contributed by atoms with Crippen LogP contribution in [0.3, 0.4) is 0 Å². The predicted octanol–water partition coefficient (Wildman–Crippen LogP) is 0.994. The Morgan fingerprint density at radius 1 is 1.11 bits per heavy atom. The molecule has 0 saturated carbocycles. The van der Waals surface area contributed by atoms with Crippen molar-refractivity contribution in [3.8, 4) is 0 Å². The molecule has 8 nitrogen and oxygen atoms in total. The molecule has 8 heteroatoms. The lowest BCUT2D eigenvalue weighted by molar-refractivity contribution is -0.297. The van der Waals surface area contributed by atoms with Crippen LogP contribution in [0.4, 0.5) is 0 Å². The zero-order valence-electron chi connectivity index (χ0n) is 17.3. The molecule has 0 amide bonds. The summed E-state index contributed by atoms with van der Waals surface area (Å²) < 4.78 is 21.3. The van der Waals surface area contributed by atoms with Gasteiger partial charge >= 0.3 is 5.97 Å². The first-order valence-electron chi connectivity index (χ1n) is 10.3. The van der Waals surface area contributed by atoms with Crippen LogP contribution in [0.5, 0.6) is 0 Å². The Hall–Kier alpha value is -0.770. The van der Waals surface area contributed by atoms with Crippen LogP contribution >= 0.6 is 0 Å². The first-order valence-corrected chi connectivity index (χ1v) is 10.3. The van der Waals surface area contributed by atoms with Gasteiger partial charge in [0.05, 0.1) is 18.8 Å². The summed E-state index contributed by atoms with van der Waals surface area (Å²) in [6.07, 6.45) is -1.23. The number of epoxide rings is 1. The fourth-order valence-electron chi connectivity index (χ4n) is 4.02. The maximum absolute atomic E-state index is 12.5. The van der Waals surface area contributed by atoms with Gasteiger partial charge < -0.3 is 34.3 Å². The van der Waals surface area contributed by atoms with Crippen molar-refractivity contribution in [2.24, 2.45) is 11.8 Å². The molecule has 0 aromatic heterocycles. The van der Waals surface area contributed by atoms with Gasteiger partial charge in [0.1, 0.15) is 18.3 Å². The molecule has 2 heterocycles. The van der Waals surface area contributed by atoms with Crippen molar-refractivity contribution in [3.05, 3.63) is 0 Å². The molecule has 2 aliphatic heterocycles. The maximum Gasteiger partial charge on any atom is 0.306 e. The van der Waals surface area contributed by atoms with Crippen LogP contribution in [0.1, 0.15) is 52.9 Å². The standard InChI is InChI=1S/C20H36O8/c1-5-12(7-11(3)8-14-13(6-2)26-14)9-16(22)28-19-17(23)15(10-21)27-20(25-4)18(19)24/h11-15,17-21,23-24H,5-10H2,1-4H3. The Bertz CT molecular complexity index is 471. The zero-order valence-corrected chi connectivity index (χ0v) is 17.3. The van der Waals surface area contributed by atoms with Crippen LogP contribution in [-0.2, 0) is 23.7 Å². The molecule has 28 heavy (non-hydrogen) atoms. The van der Waals surface area contributed by atoms with Gasteiger partial charge in [0.2, 0.25) is 0 Å². The minimum atomic E-state index is -1.33. The van der Waals surface area contributed by atoms with Gasteiger partial charge in [-0.15, -0.1) is 0 Å². The summed E-state index contributed by atoms with van der Waals surface area (Å²) in [4.78, 5) is 12.5. The van der Waals surface area contributed by atoms with Crippen molar-refractivity contribution in [1.29, 1.82) is 0 Å². The summed E-state index contributed by atoms with van der Waals surface area (Å²) in [7, 11) is 1.33. The molecule has 0 radical (unpaired) electrons. The largest absolute Gasteiger partial charge is 0.456 e. The SMILES string of the molecule is CCC(CC(=O)OC1C(O)C(CO)OC(OC)C1O)CC(C)CC1OC1CC. The summed E-state index contributed by atoms with van der Waals surface area (Å²) in [6.45, 7) is 5.85. The molecule has 9 atom stereocenters. The van der Waals surface area contributed by atoms with E-state index in [9.17, 15) is 20.1 Å². The van der Waals surface area contributed by atoms with Crippen LogP contribution in [0, 0.1) is 11.8 Å². The van der Waals surface area contributed by atoms with Crippen LogP contribution in [0.2, 0.25) is 0 Å². The minimum Gasteiger partial charge on any atom is -0.456 e. The van der Waals surface area contributed by atoms with Crippen LogP contribution in [0.15, 0.2) is 0 Å². The number of hydrogen-bond acceptors (Lipinski definition) is 8. The van der Waals surface area contributed by atoms with Gasteiger partial charge in [-0.1, -0.05) is 27.2 Å². The zero-order chi connectivity index (χ0) is 20.8. The number of ether oxygens (including phenoxy) is 4. The van der Waals surface area contributed by atoms with E-state index in [0.29, 0.717) is 18.1 Å². The van der Waals surface area contributed by atoms with Crippen molar-refractivity contribution in [3.63, 3.8) is 0 Å². The highest BCUT2D eigenvalue weighted by molar-refractivity contribution is 5.70. The molecule has 0 aromatic carbocycles. The molecule has 9 unspecified atom stereocenters. The third-order valence-corrected chi connectivity index (χ3v) is 5.81. The summed E-state index contributed by atoms with van der Waals surface area (Å²) in [5.74, 6) is 0.113. The third-order valence-electron chi connectivity index (χ3n) is 5.81. The molecular formula is C20H36O8. The van der Waals surface area contributed by atoms with Gasteiger partial charge in [0.25, 0.3) is 0 Å². The van der Waals surface area contributed by atoms with E-state index in [-0.39, 0.29) is 12.3 Å². The molecule has 2 saturated heterocycles. The number of aliphatic hydroxyl groups is 3. The Morgan fingerprint density at radius 3 is 2.36 bits per heavy atom. The second kappa shape index (κ2) is 10.8. The number of aliphatic hydroxyl groups excluding tert-OH is 3. The van der Waals surface area contributed by atoms with Gasteiger partial charge in [0, 0.05) is 13.5 Å². The van der Waals surface area contributed by atoms with Gasteiger partial charge in [-0.25, -0.2) is 0 Å². The lowest BCUT2D eigenvalue weighted by Crippen LogP contribution is -2.60. The average molecular weight is 405 g/mol. The Kier molecular flexibility index (Phi) is 9.11. The Labute approximate surface area is 167 Å². The lowest BCUT2D eigenvalue weighted by atomic mass is 9.88.